The van der Waals surface area contributed by atoms with Gasteiger partial charge in [0.05, 0.1) is 23.5 Å². The van der Waals surface area contributed by atoms with Crippen molar-refractivity contribution in [3.8, 4) is 0 Å². The predicted molar refractivity (Wildman–Crippen MR) is 128 cm³/mol. The summed E-state index contributed by atoms with van der Waals surface area (Å²) in [5.41, 5.74) is 0.588. The van der Waals surface area contributed by atoms with Crippen molar-refractivity contribution in [1.29, 1.82) is 0 Å². The lowest BCUT2D eigenvalue weighted by Gasteiger charge is -2.44. The summed E-state index contributed by atoms with van der Waals surface area (Å²) in [6.07, 6.45) is 4.41. The van der Waals surface area contributed by atoms with Crippen molar-refractivity contribution in [3.05, 3.63) is 58.1 Å². The minimum absolute atomic E-state index is 0.0131. The number of methoxy groups -OCH3 is 1. The summed E-state index contributed by atoms with van der Waals surface area (Å²) < 4.78 is 6.01. The van der Waals surface area contributed by atoms with Crippen molar-refractivity contribution in [1.82, 2.24) is 10.0 Å². The first kappa shape index (κ1) is 23.6. The zero-order valence-corrected chi connectivity index (χ0v) is 19.9. The summed E-state index contributed by atoms with van der Waals surface area (Å²) in [7, 11) is 1.77. The number of fused-ring (bicyclic) bond motifs is 1. The molecule has 2 heterocycles. The van der Waals surface area contributed by atoms with Crippen LogP contribution in [0.4, 0.5) is 0 Å². The van der Waals surface area contributed by atoms with Crippen LogP contribution in [0, 0.1) is 16.0 Å². The van der Waals surface area contributed by atoms with Crippen LogP contribution in [0.25, 0.3) is 10.8 Å². The van der Waals surface area contributed by atoms with Gasteiger partial charge in [0.2, 0.25) is 12.5 Å². The Morgan fingerprint density at radius 2 is 1.85 bits per heavy atom. The maximum atomic E-state index is 13.7. The minimum atomic E-state index is -0.437. The average Bonchev–Trinajstić information content (AvgIpc) is 3.46. The molecular formula is C26H35N3O4. The molecule has 2 aromatic carbocycles. The van der Waals surface area contributed by atoms with Gasteiger partial charge >= 0.3 is 0 Å². The van der Waals surface area contributed by atoms with Gasteiger partial charge in [0.15, 0.2) is 0 Å². The van der Waals surface area contributed by atoms with E-state index in [-0.39, 0.29) is 29.0 Å². The van der Waals surface area contributed by atoms with E-state index in [1.165, 1.54) is 0 Å². The number of benzene rings is 2. The highest BCUT2D eigenvalue weighted by atomic mass is 16.6. The fourth-order valence-electron chi connectivity index (χ4n) is 6.10. The normalized spacial score (nSPS) is 22.9. The smallest absolute Gasteiger partial charge is 0.240 e. The molecule has 178 valence electrons. The molecule has 0 spiro atoms. The molecule has 2 saturated heterocycles. The van der Waals surface area contributed by atoms with E-state index in [9.17, 15) is 14.9 Å². The zero-order chi connectivity index (χ0) is 23.6. The first-order valence-electron chi connectivity index (χ1n) is 12.2. The SMILES string of the molecule is CCC(CC)(OC)[C@@H]1CCCN1N1CC[C@H]([C@@H](C[N+](=O)[O-])c2ccc3ccccc3c2)C1=O. The topological polar surface area (TPSA) is 75.9 Å². The number of nitrogens with zero attached hydrogens (tertiary/aromatic N) is 3. The standard InChI is InChI=1S/C26H35N3O4/c1-4-26(5-2,33-3)24-11-8-15-27(24)28-16-14-22(25(28)30)23(18-29(31)32)21-13-12-19-9-6-7-10-20(19)17-21/h6-7,9-10,12-13,17,22-24H,4-5,8,11,14-16,18H2,1-3H3/t22-,23+,24+/m1/s1. The van der Waals surface area contributed by atoms with Crippen LogP contribution in [0.15, 0.2) is 42.5 Å². The molecule has 0 bridgehead atoms. The quantitative estimate of drug-likeness (QED) is 0.409. The van der Waals surface area contributed by atoms with Crippen molar-refractivity contribution in [2.45, 2.75) is 63.5 Å². The lowest BCUT2D eigenvalue weighted by atomic mass is 9.84. The second-order valence-electron chi connectivity index (χ2n) is 9.38. The Kier molecular flexibility index (Phi) is 7.00. The van der Waals surface area contributed by atoms with Gasteiger partial charge in [-0.05, 0) is 48.4 Å². The molecule has 3 atom stereocenters. The molecule has 0 radical (unpaired) electrons. The summed E-state index contributed by atoms with van der Waals surface area (Å²) in [6.45, 7) is 5.48. The molecular weight excluding hydrogens is 418 g/mol. The van der Waals surface area contributed by atoms with Gasteiger partial charge in [-0.15, -0.1) is 0 Å². The van der Waals surface area contributed by atoms with E-state index in [0.717, 1.165) is 48.6 Å². The van der Waals surface area contributed by atoms with E-state index in [2.05, 4.69) is 18.9 Å². The maximum Gasteiger partial charge on any atom is 0.240 e. The number of carbonyl (C=O) groups excluding carboxylic acids is 1. The number of ether oxygens (including phenoxy) is 1. The molecule has 2 aliphatic heterocycles. The number of nitro groups is 1. The molecule has 7 nitrogen and oxygen atoms in total. The van der Waals surface area contributed by atoms with Crippen molar-refractivity contribution in [3.63, 3.8) is 0 Å². The van der Waals surface area contributed by atoms with E-state index < -0.39 is 11.8 Å². The lowest BCUT2D eigenvalue weighted by molar-refractivity contribution is -0.484. The van der Waals surface area contributed by atoms with E-state index in [1.54, 1.807) is 7.11 Å². The van der Waals surface area contributed by atoms with Gasteiger partial charge in [0, 0.05) is 25.1 Å². The number of hydrazine groups is 1. The van der Waals surface area contributed by atoms with Crippen molar-refractivity contribution < 1.29 is 14.5 Å². The van der Waals surface area contributed by atoms with Crippen molar-refractivity contribution in [2.75, 3.05) is 26.7 Å². The lowest BCUT2D eigenvalue weighted by Crippen LogP contribution is -2.57. The molecule has 2 aromatic rings. The molecule has 0 saturated carbocycles. The Labute approximate surface area is 195 Å². The van der Waals surface area contributed by atoms with Crippen molar-refractivity contribution in [2.24, 2.45) is 5.92 Å². The Balaban J connectivity index is 1.61. The Hall–Kier alpha value is -2.51. The predicted octanol–water partition coefficient (Wildman–Crippen LogP) is 4.63. The molecule has 7 heteroatoms. The molecule has 2 fully saturated rings. The molecule has 1 amide bonds. The van der Waals surface area contributed by atoms with Gasteiger partial charge in [-0.25, -0.2) is 5.01 Å². The van der Waals surface area contributed by atoms with Crippen LogP contribution in [0.5, 0.6) is 0 Å². The number of hydrogen-bond acceptors (Lipinski definition) is 5. The summed E-state index contributed by atoms with van der Waals surface area (Å²) in [6, 6.07) is 14.1. The maximum absolute atomic E-state index is 13.7. The van der Waals surface area contributed by atoms with E-state index >= 15 is 0 Å². The Morgan fingerprint density at radius 3 is 2.52 bits per heavy atom. The summed E-state index contributed by atoms with van der Waals surface area (Å²) in [5.74, 6) is -0.815. The zero-order valence-electron chi connectivity index (χ0n) is 19.9. The fourth-order valence-corrected chi connectivity index (χ4v) is 6.10. The van der Waals surface area contributed by atoms with Crippen LogP contribution in [0.3, 0.4) is 0 Å². The number of carbonyl (C=O) groups is 1. The van der Waals surface area contributed by atoms with Gasteiger partial charge < -0.3 is 4.74 Å². The van der Waals surface area contributed by atoms with Crippen molar-refractivity contribution >= 4 is 16.7 Å². The number of hydrogen-bond donors (Lipinski definition) is 0. The first-order chi connectivity index (χ1) is 15.9. The second kappa shape index (κ2) is 9.77. The second-order valence-corrected chi connectivity index (χ2v) is 9.38. The van der Waals surface area contributed by atoms with Crippen LogP contribution in [-0.4, -0.2) is 59.2 Å². The van der Waals surface area contributed by atoms with Crippen LogP contribution in [0.2, 0.25) is 0 Å². The van der Waals surface area contributed by atoms with Gasteiger partial charge in [-0.2, -0.15) is 0 Å². The molecule has 4 rings (SSSR count). The highest BCUT2D eigenvalue weighted by molar-refractivity contribution is 5.84. The largest absolute Gasteiger partial charge is 0.377 e. The molecule has 0 unspecified atom stereocenters. The van der Waals surface area contributed by atoms with Gasteiger partial charge in [0.25, 0.3) is 0 Å². The van der Waals surface area contributed by atoms with Crippen LogP contribution >= 0.6 is 0 Å². The van der Waals surface area contributed by atoms with E-state index in [1.807, 2.05) is 47.5 Å². The average molecular weight is 454 g/mol. The third-order valence-corrected chi connectivity index (χ3v) is 8.00. The van der Waals surface area contributed by atoms with Crippen LogP contribution in [-0.2, 0) is 9.53 Å². The van der Waals surface area contributed by atoms with Crippen LogP contribution in [0.1, 0.15) is 57.4 Å². The van der Waals surface area contributed by atoms with E-state index in [0.29, 0.717) is 13.0 Å². The molecule has 33 heavy (non-hydrogen) atoms. The first-order valence-corrected chi connectivity index (χ1v) is 12.2. The molecule has 2 aliphatic rings. The minimum Gasteiger partial charge on any atom is -0.377 e. The highest BCUT2D eigenvalue weighted by Gasteiger charge is 2.49. The third-order valence-electron chi connectivity index (χ3n) is 8.00. The van der Waals surface area contributed by atoms with Gasteiger partial charge in [-0.1, -0.05) is 56.3 Å². The Bertz CT molecular complexity index is 998. The van der Waals surface area contributed by atoms with Crippen LogP contribution < -0.4 is 0 Å². The third kappa shape index (κ3) is 4.36. The number of rotatable bonds is 9. The monoisotopic (exact) mass is 453 g/mol. The summed E-state index contributed by atoms with van der Waals surface area (Å²) in [5, 5.41) is 17.8. The molecule has 0 aliphatic carbocycles. The summed E-state index contributed by atoms with van der Waals surface area (Å²) >= 11 is 0. The Morgan fingerprint density at radius 1 is 1.12 bits per heavy atom. The summed E-state index contributed by atoms with van der Waals surface area (Å²) in [4.78, 5) is 25.0. The fraction of sp³-hybridized carbons (Fsp3) is 0.577. The van der Waals surface area contributed by atoms with E-state index in [4.69, 9.17) is 4.74 Å². The molecule has 0 aromatic heterocycles. The highest BCUT2D eigenvalue weighted by Crippen LogP contribution is 2.40. The number of amides is 1. The van der Waals surface area contributed by atoms with Gasteiger partial charge in [-0.3, -0.25) is 19.9 Å². The molecule has 0 N–H and O–H groups in total. The van der Waals surface area contributed by atoms with Gasteiger partial charge in [0.1, 0.15) is 0 Å².